The third kappa shape index (κ3) is 3.43. The van der Waals surface area contributed by atoms with Crippen molar-refractivity contribution in [2.24, 2.45) is 0 Å². The fourth-order valence-corrected chi connectivity index (χ4v) is 3.18. The molecule has 0 saturated carbocycles. The highest BCUT2D eigenvalue weighted by atomic mass is 79.9. The summed E-state index contributed by atoms with van der Waals surface area (Å²) in [5.74, 6) is 0.125. The molecule has 0 atom stereocenters. The Balaban J connectivity index is 2.35. The Morgan fingerprint density at radius 3 is 2.58 bits per heavy atom. The maximum Gasteiger partial charge on any atom is 0.264 e. The number of nitrogens with zero attached hydrogens (tertiary/aromatic N) is 2. The zero-order chi connectivity index (χ0) is 14.0. The molecule has 0 bridgehead atoms. The van der Waals surface area contributed by atoms with E-state index in [1.807, 2.05) is 6.92 Å². The van der Waals surface area contributed by atoms with E-state index in [0.717, 1.165) is 5.56 Å². The van der Waals surface area contributed by atoms with Gasteiger partial charge in [-0.05, 0) is 40.5 Å². The van der Waals surface area contributed by atoms with Crippen molar-refractivity contribution in [1.82, 2.24) is 9.97 Å². The lowest BCUT2D eigenvalue weighted by atomic mass is 10.2. The van der Waals surface area contributed by atoms with Gasteiger partial charge in [0.15, 0.2) is 5.82 Å². The van der Waals surface area contributed by atoms with Crippen molar-refractivity contribution in [2.45, 2.75) is 11.8 Å². The summed E-state index contributed by atoms with van der Waals surface area (Å²) in [4.78, 5) is 7.79. The van der Waals surface area contributed by atoms with E-state index in [1.165, 1.54) is 18.5 Å². The molecule has 0 unspecified atom stereocenters. The van der Waals surface area contributed by atoms with E-state index in [1.54, 1.807) is 12.1 Å². The van der Waals surface area contributed by atoms with Crippen molar-refractivity contribution in [2.75, 3.05) is 4.72 Å². The Morgan fingerprint density at radius 1 is 1.26 bits per heavy atom. The van der Waals surface area contributed by atoms with E-state index in [0.29, 0.717) is 4.60 Å². The molecular formula is C11H9BrClN3O2S. The molecule has 1 heterocycles. The first-order valence-electron chi connectivity index (χ1n) is 5.15. The second-order valence-electron chi connectivity index (χ2n) is 3.76. The van der Waals surface area contributed by atoms with E-state index in [4.69, 9.17) is 11.6 Å². The summed E-state index contributed by atoms with van der Waals surface area (Å²) in [6, 6.07) is 4.71. The normalized spacial score (nSPS) is 11.3. The van der Waals surface area contributed by atoms with Gasteiger partial charge in [-0.2, -0.15) is 0 Å². The summed E-state index contributed by atoms with van der Waals surface area (Å²) >= 11 is 9.06. The van der Waals surface area contributed by atoms with Gasteiger partial charge in [-0.3, -0.25) is 4.72 Å². The lowest BCUT2D eigenvalue weighted by Gasteiger charge is -2.08. The van der Waals surface area contributed by atoms with Gasteiger partial charge < -0.3 is 0 Å². The molecule has 0 amide bonds. The van der Waals surface area contributed by atoms with Gasteiger partial charge in [-0.25, -0.2) is 18.4 Å². The molecule has 8 heteroatoms. The number of anilines is 1. The Morgan fingerprint density at radius 2 is 2.00 bits per heavy atom. The summed E-state index contributed by atoms with van der Waals surface area (Å²) < 4.78 is 27.1. The molecule has 19 heavy (non-hydrogen) atoms. The number of sulfonamides is 1. The van der Waals surface area contributed by atoms with Gasteiger partial charge in [0.1, 0.15) is 9.50 Å². The van der Waals surface area contributed by atoms with E-state index in [2.05, 4.69) is 30.6 Å². The molecule has 0 fully saturated rings. The van der Waals surface area contributed by atoms with Crippen molar-refractivity contribution >= 4 is 43.4 Å². The number of nitrogens with one attached hydrogen (secondary N) is 1. The third-order valence-corrected chi connectivity index (χ3v) is 4.48. The van der Waals surface area contributed by atoms with Crippen LogP contribution in [-0.4, -0.2) is 18.4 Å². The number of halogens is 2. The van der Waals surface area contributed by atoms with Gasteiger partial charge in [0.05, 0.1) is 17.4 Å². The van der Waals surface area contributed by atoms with Crippen molar-refractivity contribution in [3.8, 4) is 0 Å². The highest BCUT2D eigenvalue weighted by Gasteiger charge is 2.18. The predicted molar refractivity (Wildman–Crippen MR) is 76.7 cm³/mol. The lowest BCUT2D eigenvalue weighted by Crippen LogP contribution is -2.14. The second kappa shape index (κ2) is 5.44. The molecule has 0 aliphatic rings. The third-order valence-electron chi connectivity index (χ3n) is 2.24. The summed E-state index contributed by atoms with van der Waals surface area (Å²) in [6.45, 7) is 1.83. The maximum absolute atomic E-state index is 12.1. The Kier molecular flexibility index (Phi) is 4.07. The maximum atomic E-state index is 12.1. The zero-order valence-electron chi connectivity index (χ0n) is 9.76. The first-order valence-corrected chi connectivity index (χ1v) is 7.80. The van der Waals surface area contributed by atoms with Crippen LogP contribution in [0.15, 0.2) is 40.1 Å². The van der Waals surface area contributed by atoms with Gasteiger partial charge in [0.25, 0.3) is 10.0 Å². The predicted octanol–water partition coefficient (Wildman–Crippen LogP) is 3.00. The minimum absolute atomic E-state index is 0.00415. The van der Waals surface area contributed by atoms with E-state index >= 15 is 0 Å². The molecule has 5 nitrogen and oxygen atoms in total. The van der Waals surface area contributed by atoms with Crippen LogP contribution in [0.25, 0.3) is 0 Å². The fraction of sp³-hybridized carbons (Fsp3) is 0.0909. The SMILES string of the molecule is Cc1ccc(S(=O)(=O)Nc2cnc(Br)cn2)c(Cl)c1. The van der Waals surface area contributed by atoms with E-state index < -0.39 is 10.0 Å². The molecule has 1 N–H and O–H groups in total. The van der Waals surface area contributed by atoms with Crippen LogP contribution in [0.4, 0.5) is 5.82 Å². The van der Waals surface area contributed by atoms with Crippen molar-refractivity contribution in [1.29, 1.82) is 0 Å². The van der Waals surface area contributed by atoms with Gasteiger partial charge in [-0.1, -0.05) is 17.7 Å². The fourth-order valence-electron chi connectivity index (χ4n) is 1.38. The van der Waals surface area contributed by atoms with Crippen LogP contribution in [0.2, 0.25) is 5.02 Å². The molecule has 0 radical (unpaired) electrons. The van der Waals surface area contributed by atoms with Crippen LogP contribution in [0.3, 0.4) is 0 Å². The summed E-state index contributed by atoms with van der Waals surface area (Å²) in [6.07, 6.45) is 2.71. The number of aromatic nitrogens is 2. The second-order valence-corrected chi connectivity index (χ2v) is 6.63. The summed E-state index contributed by atoms with van der Waals surface area (Å²) in [5.41, 5.74) is 0.882. The largest absolute Gasteiger partial charge is 0.264 e. The van der Waals surface area contributed by atoms with Crippen LogP contribution in [-0.2, 0) is 10.0 Å². The number of hydrogen-bond acceptors (Lipinski definition) is 4. The zero-order valence-corrected chi connectivity index (χ0v) is 12.9. The van der Waals surface area contributed by atoms with Gasteiger partial charge in [-0.15, -0.1) is 0 Å². The Labute approximate surface area is 124 Å². The molecule has 0 aliphatic carbocycles. The van der Waals surface area contributed by atoms with Crippen LogP contribution < -0.4 is 4.72 Å². The number of aryl methyl sites for hydroxylation is 1. The first kappa shape index (κ1) is 14.2. The van der Waals surface area contributed by atoms with Crippen molar-refractivity contribution < 1.29 is 8.42 Å². The molecule has 0 aliphatic heterocycles. The van der Waals surface area contributed by atoms with Crippen molar-refractivity contribution in [3.05, 3.63) is 45.8 Å². The smallest absolute Gasteiger partial charge is 0.262 e. The Hall–Kier alpha value is -1.18. The molecule has 2 rings (SSSR count). The topological polar surface area (TPSA) is 72.0 Å². The Bertz CT molecular complexity index is 704. The van der Waals surface area contributed by atoms with Crippen LogP contribution in [0, 0.1) is 6.92 Å². The average Bonchev–Trinajstić information content (AvgIpc) is 2.31. The van der Waals surface area contributed by atoms with Crippen LogP contribution in [0.1, 0.15) is 5.56 Å². The number of hydrogen-bond donors (Lipinski definition) is 1. The number of rotatable bonds is 3. The number of benzene rings is 1. The first-order chi connectivity index (χ1) is 8.88. The minimum atomic E-state index is -3.77. The molecule has 2 aromatic rings. The van der Waals surface area contributed by atoms with Gasteiger partial charge in [0.2, 0.25) is 0 Å². The molecule has 100 valence electrons. The highest BCUT2D eigenvalue weighted by molar-refractivity contribution is 9.10. The average molecular weight is 363 g/mol. The van der Waals surface area contributed by atoms with E-state index in [-0.39, 0.29) is 15.7 Å². The molecule has 0 saturated heterocycles. The van der Waals surface area contributed by atoms with Gasteiger partial charge in [0, 0.05) is 0 Å². The molecule has 1 aromatic heterocycles. The quantitative estimate of drug-likeness (QED) is 0.911. The van der Waals surface area contributed by atoms with Crippen LogP contribution >= 0.6 is 27.5 Å². The van der Waals surface area contributed by atoms with Crippen molar-refractivity contribution in [3.63, 3.8) is 0 Å². The highest BCUT2D eigenvalue weighted by Crippen LogP contribution is 2.24. The standard InChI is InChI=1S/C11H9BrClN3O2S/c1-7-2-3-9(8(13)4-7)19(17,18)16-11-6-14-10(12)5-15-11/h2-6H,1H3,(H,15,16). The lowest BCUT2D eigenvalue weighted by molar-refractivity contribution is 0.601. The van der Waals surface area contributed by atoms with Gasteiger partial charge >= 0.3 is 0 Å². The van der Waals surface area contributed by atoms with E-state index in [9.17, 15) is 8.42 Å². The molecular weight excluding hydrogens is 354 g/mol. The monoisotopic (exact) mass is 361 g/mol. The minimum Gasteiger partial charge on any atom is -0.262 e. The summed E-state index contributed by atoms with van der Waals surface area (Å²) in [5, 5.41) is 0.164. The van der Waals surface area contributed by atoms with Crippen LogP contribution in [0.5, 0.6) is 0 Å². The molecule has 0 spiro atoms. The molecule has 1 aromatic carbocycles. The summed E-state index contributed by atoms with van der Waals surface area (Å²) in [7, 11) is -3.77.